The van der Waals surface area contributed by atoms with Crippen molar-refractivity contribution in [1.29, 1.82) is 0 Å². The van der Waals surface area contributed by atoms with E-state index in [4.69, 9.17) is 29.9 Å². The molecular weight excluding hydrogens is 1610 g/mol. The molecule has 10 nitrogen and oxygen atoms in total. The summed E-state index contributed by atoms with van der Waals surface area (Å²) in [6.45, 7) is 0. The van der Waals surface area contributed by atoms with Gasteiger partial charge in [0, 0.05) is 145 Å². The summed E-state index contributed by atoms with van der Waals surface area (Å²) in [5, 5.41) is 26.3. The fourth-order valence-electron chi connectivity index (χ4n) is 20.5. The number of benzene rings is 17. The summed E-state index contributed by atoms with van der Waals surface area (Å²) in [6.07, 6.45) is 13.1. The van der Waals surface area contributed by atoms with Gasteiger partial charge < -0.3 is 4.57 Å². The van der Waals surface area contributed by atoms with Crippen molar-refractivity contribution in [3.8, 4) is 45.9 Å². The Bertz CT molecular complexity index is 9390. The Kier molecular flexibility index (Phi) is 15.9. The molecule has 0 N–H and O–H groups in total. The summed E-state index contributed by atoms with van der Waals surface area (Å²) < 4.78 is 14.3. The van der Waals surface area contributed by atoms with Gasteiger partial charge in [-0.3, -0.25) is 13.7 Å². The van der Waals surface area contributed by atoms with Crippen LogP contribution in [0, 0.1) is 0 Å². The van der Waals surface area contributed by atoms with Gasteiger partial charge in [0.05, 0.1) is 60.0 Å². The number of hydrogen-bond acceptors (Lipinski definition) is 10. The number of thiophene rings is 3. The minimum absolute atomic E-state index is 0.363. The SMILES string of the molecule is C1=CC2Sc3c(c4c5ccccc5n(-c5ncc6c(n5)sc5ccccc56)c4c4ccccc34)C2C=C1.c1ccc(-c2nc(-n3c4ccccc4c4cc(-c5cc6c7ccccc7n(-c7ccccc7)c6c6ccccc56)ccc43)nc3ccccc23)cc1.c1ccc2c(c1)sc1nc(-n3c4ccccc4c4c5ccccc5c5c6ccccc6sc5c43)ncc12. The molecule has 1 aliphatic carbocycles. The predicted molar refractivity (Wildman–Crippen MR) is 534 cm³/mol. The maximum absolute atomic E-state index is 5.28. The van der Waals surface area contributed by atoms with E-state index in [1.165, 1.54) is 159 Å². The van der Waals surface area contributed by atoms with Gasteiger partial charge in [-0.05, 0) is 117 Å². The van der Waals surface area contributed by atoms with Crippen LogP contribution in [0.5, 0.6) is 0 Å². The van der Waals surface area contributed by atoms with E-state index in [1.807, 2.05) is 47.6 Å². The summed E-state index contributed by atoms with van der Waals surface area (Å²) in [4.78, 5) is 34.2. The molecule has 2 atom stereocenters. The van der Waals surface area contributed by atoms with Crippen LogP contribution in [-0.2, 0) is 0 Å². The maximum atomic E-state index is 5.28. The van der Waals surface area contributed by atoms with Crippen LogP contribution in [0.3, 0.4) is 0 Å². The first-order valence-electron chi connectivity index (χ1n) is 42.5. The highest BCUT2D eigenvalue weighted by Crippen LogP contribution is 2.57. The maximum Gasteiger partial charge on any atom is 0.236 e. The first-order chi connectivity index (χ1) is 62.5. The van der Waals surface area contributed by atoms with Gasteiger partial charge in [0.25, 0.3) is 0 Å². The van der Waals surface area contributed by atoms with Crippen LogP contribution >= 0.6 is 45.8 Å². The standard InChI is InChI=1S/C48H30N4.C32H19N3S2.C32H17N3S2/c1-3-15-31(16-4-1)46-38-23-9-12-24-42(38)49-48(50-46)52-44-26-14-10-20-35(44)40-29-32(27-28-45(40)52)39-30-41-36-21-11-13-25-43(36)51(33-17-5-2-6-18-33)47(41)37-22-8-7-19-34(37)39;1-2-11-20-19(10-1)29-27(28-22-13-5-8-16-26(22)36-30(20)28)21-12-3-6-14-24(21)35(29)32-33-17-23-18-9-4-7-15-25(18)37-31(23)34-32;1-2-11-20-19(10-1)27-21-12-3-6-14-24(21)35(29(27)30-28(20)22-13-5-8-16-26(22)36-30)32-33-17-23-18-9-4-7-15-25(18)37-31(23)34-32/h1-30H;1-17,22,26H;1-17H. The largest absolute Gasteiger partial charge is 0.309 e. The first-order valence-corrected chi connectivity index (χ1v) is 45.8. The quantitative estimate of drug-likeness (QED) is 0.164. The fourth-order valence-corrected chi connectivity index (χ4v) is 25.3. The lowest BCUT2D eigenvalue weighted by Crippen LogP contribution is -2.07. The molecule has 27 aromatic rings. The van der Waals surface area contributed by atoms with Crippen molar-refractivity contribution in [3.63, 3.8) is 0 Å². The molecule has 0 bridgehead atoms. The number of rotatable bonds is 6. The summed E-state index contributed by atoms with van der Waals surface area (Å²) in [5.74, 6) is 2.48. The van der Waals surface area contributed by atoms with Gasteiger partial charge in [0.1, 0.15) is 9.66 Å². The van der Waals surface area contributed by atoms with Gasteiger partial charge in [-0.2, -0.15) is 0 Å². The third-order valence-electron chi connectivity index (χ3n) is 25.8. The second kappa shape index (κ2) is 28.1. The number of aromatic nitrogens is 10. The lowest BCUT2D eigenvalue weighted by Gasteiger charge is -2.16. The Hall–Kier alpha value is -15.3. The van der Waals surface area contributed by atoms with Crippen LogP contribution in [0.2, 0.25) is 0 Å². The van der Waals surface area contributed by atoms with Gasteiger partial charge in [0.15, 0.2) is 0 Å². The average molecular weight is 1680 g/mol. The number of para-hydroxylation sites is 6. The molecule has 126 heavy (non-hydrogen) atoms. The molecule has 1 aliphatic heterocycles. The predicted octanol–water partition coefficient (Wildman–Crippen LogP) is 30.6. The number of nitrogens with zero attached hydrogens (tertiary/aromatic N) is 10. The molecule has 0 radical (unpaired) electrons. The second-order valence-corrected chi connectivity index (χ2v) is 36.8. The van der Waals surface area contributed by atoms with Crippen molar-refractivity contribution in [1.82, 2.24) is 48.2 Å². The summed E-state index contributed by atoms with van der Waals surface area (Å²) in [5.41, 5.74) is 17.2. The lowest BCUT2D eigenvalue weighted by atomic mass is 9.87. The Morgan fingerprint density at radius 1 is 0.270 bits per heavy atom. The molecule has 14 heteroatoms. The highest BCUT2D eigenvalue weighted by molar-refractivity contribution is 8.00. The van der Waals surface area contributed by atoms with E-state index in [-0.39, 0.29) is 0 Å². The molecule has 0 spiro atoms. The van der Waals surface area contributed by atoms with Crippen molar-refractivity contribution < 1.29 is 0 Å². The third kappa shape index (κ3) is 10.7. The van der Waals surface area contributed by atoms with E-state index in [0.29, 0.717) is 17.1 Å². The van der Waals surface area contributed by atoms with Crippen molar-refractivity contribution in [2.45, 2.75) is 16.1 Å². The fraction of sp³-hybridized carbons (Fsp3) is 0.0179. The van der Waals surface area contributed by atoms with Gasteiger partial charge in [-0.25, -0.2) is 29.9 Å². The van der Waals surface area contributed by atoms with E-state index in [2.05, 4.69) is 382 Å². The molecule has 588 valence electrons. The van der Waals surface area contributed by atoms with Crippen molar-refractivity contribution in [2.24, 2.45) is 0 Å². The zero-order chi connectivity index (χ0) is 82.3. The molecule has 0 saturated carbocycles. The molecule has 11 heterocycles. The molecule has 17 aromatic carbocycles. The van der Waals surface area contributed by atoms with Gasteiger partial charge in [-0.15, -0.1) is 45.8 Å². The monoisotopic (exact) mass is 1680 g/mol. The first kappa shape index (κ1) is 71.3. The van der Waals surface area contributed by atoms with Gasteiger partial charge in [0.2, 0.25) is 17.8 Å². The molecule has 2 aliphatic rings. The Balaban J connectivity index is 0.000000100. The van der Waals surface area contributed by atoms with Crippen molar-refractivity contribution in [2.75, 3.05) is 0 Å². The molecule has 0 amide bonds. The van der Waals surface area contributed by atoms with E-state index >= 15 is 0 Å². The zero-order valence-electron chi connectivity index (χ0n) is 67.2. The minimum Gasteiger partial charge on any atom is -0.309 e. The van der Waals surface area contributed by atoms with Crippen LogP contribution in [0.4, 0.5) is 0 Å². The normalized spacial score (nSPS) is 13.9. The minimum atomic E-state index is 0.363. The summed E-state index contributed by atoms with van der Waals surface area (Å²) in [7, 11) is 0. The molecule has 29 rings (SSSR count). The van der Waals surface area contributed by atoms with Crippen LogP contribution in [0.1, 0.15) is 11.5 Å². The van der Waals surface area contributed by atoms with Crippen molar-refractivity contribution >= 4 is 237 Å². The third-order valence-corrected chi connectivity index (χ3v) is 30.5. The second-order valence-electron chi connectivity index (χ2n) is 32.5. The Labute approximate surface area is 735 Å². The number of thioether (sulfide) groups is 1. The number of hydrogen-bond donors (Lipinski definition) is 0. The highest BCUT2D eigenvalue weighted by atomic mass is 32.2. The van der Waals surface area contributed by atoms with Crippen LogP contribution < -0.4 is 0 Å². The molecule has 0 fully saturated rings. The van der Waals surface area contributed by atoms with Crippen molar-refractivity contribution in [3.05, 3.63) is 394 Å². The molecule has 0 saturated heterocycles. The van der Waals surface area contributed by atoms with E-state index in [9.17, 15) is 0 Å². The number of fused-ring (bicyclic) bond motifs is 35. The van der Waals surface area contributed by atoms with Crippen LogP contribution in [0.25, 0.3) is 237 Å². The number of allylic oxidation sites excluding steroid dienone is 3. The lowest BCUT2D eigenvalue weighted by molar-refractivity contribution is 0.892. The zero-order valence-corrected chi connectivity index (χ0v) is 70.5. The van der Waals surface area contributed by atoms with Crippen LogP contribution in [0.15, 0.2) is 393 Å². The summed E-state index contributed by atoms with van der Waals surface area (Å²) in [6, 6.07) is 126. The Morgan fingerprint density at radius 3 is 1.40 bits per heavy atom. The van der Waals surface area contributed by atoms with E-state index in [1.54, 1.807) is 22.7 Å². The summed E-state index contributed by atoms with van der Waals surface area (Å²) >= 11 is 7.34. The highest BCUT2D eigenvalue weighted by Gasteiger charge is 2.37. The van der Waals surface area contributed by atoms with E-state index < -0.39 is 0 Å². The van der Waals surface area contributed by atoms with E-state index in [0.717, 1.165) is 82.2 Å². The molecule has 2 unspecified atom stereocenters. The Morgan fingerprint density at radius 2 is 0.746 bits per heavy atom. The van der Waals surface area contributed by atoms with Gasteiger partial charge in [-0.1, -0.05) is 297 Å². The average Bonchev–Trinajstić information content (AvgIpc) is 1.54. The topological polar surface area (TPSA) is 97.1 Å². The molecular formula is C112H66N10S4. The van der Waals surface area contributed by atoms with Gasteiger partial charge >= 0.3 is 0 Å². The van der Waals surface area contributed by atoms with Crippen LogP contribution in [-0.4, -0.2) is 53.4 Å². The molecule has 10 aromatic heterocycles. The smallest absolute Gasteiger partial charge is 0.236 e.